The number of ether oxygens (including phenoxy) is 1. The minimum Gasteiger partial charge on any atom is -0.406 e. The van der Waals surface area contributed by atoms with Crippen molar-refractivity contribution in [1.29, 1.82) is 0 Å². The number of benzene rings is 2. The standard InChI is InChI=1S/C14H10BrClF3NO/c15-9-4-5-12(16)11(7-9)13(20)8-2-1-3-10(6-8)21-14(17,18)19/h1-7,13H,20H2. The second-order valence-corrected chi connectivity index (χ2v) is 5.59. The lowest BCUT2D eigenvalue weighted by Gasteiger charge is -2.16. The van der Waals surface area contributed by atoms with Crippen LogP contribution in [-0.4, -0.2) is 6.36 Å². The van der Waals surface area contributed by atoms with Crippen LogP contribution in [0.15, 0.2) is 46.9 Å². The van der Waals surface area contributed by atoms with E-state index in [1.54, 1.807) is 24.3 Å². The Labute approximate surface area is 132 Å². The van der Waals surface area contributed by atoms with Gasteiger partial charge in [0.2, 0.25) is 0 Å². The Morgan fingerprint density at radius 3 is 2.52 bits per heavy atom. The molecule has 2 nitrogen and oxygen atoms in total. The molecule has 21 heavy (non-hydrogen) atoms. The Balaban J connectivity index is 2.33. The monoisotopic (exact) mass is 379 g/mol. The van der Waals surface area contributed by atoms with Crippen molar-refractivity contribution < 1.29 is 17.9 Å². The zero-order chi connectivity index (χ0) is 15.6. The summed E-state index contributed by atoms with van der Waals surface area (Å²) < 4.78 is 41.4. The Morgan fingerprint density at radius 2 is 1.86 bits per heavy atom. The fraction of sp³-hybridized carbons (Fsp3) is 0.143. The highest BCUT2D eigenvalue weighted by atomic mass is 79.9. The number of hydrogen-bond acceptors (Lipinski definition) is 2. The molecule has 1 unspecified atom stereocenters. The van der Waals surface area contributed by atoms with Crippen LogP contribution in [0.4, 0.5) is 13.2 Å². The molecule has 0 radical (unpaired) electrons. The van der Waals surface area contributed by atoms with Crippen LogP contribution in [0.3, 0.4) is 0 Å². The molecular weight excluding hydrogens is 371 g/mol. The summed E-state index contributed by atoms with van der Waals surface area (Å²) >= 11 is 9.38. The van der Waals surface area contributed by atoms with Gasteiger partial charge < -0.3 is 10.5 Å². The van der Waals surface area contributed by atoms with Crippen LogP contribution < -0.4 is 10.5 Å². The maximum Gasteiger partial charge on any atom is 0.573 e. The van der Waals surface area contributed by atoms with E-state index in [-0.39, 0.29) is 5.75 Å². The van der Waals surface area contributed by atoms with E-state index in [2.05, 4.69) is 20.7 Å². The maximum absolute atomic E-state index is 12.2. The second kappa shape index (κ2) is 6.25. The van der Waals surface area contributed by atoms with Gasteiger partial charge in [-0.25, -0.2) is 0 Å². The molecule has 7 heteroatoms. The second-order valence-electron chi connectivity index (χ2n) is 4.26. The van der Waals surface area contributed by atoms with Crippen molar-refractivity contribution in [1.82, 2.24) is 0 Å². The van der Waals surface area contributed by atoms with Crippen LogP contribution in [0.1, 0.15) is 17.2 Å². The van der Waals surface area contributed by atoms with E-state index in [4.69, 9.17) is 17.3 Å². The molecular formula is C14H10BrClF3NO. The van der Waals surface area contributed by atoms with Crippen LogP contribution in [0.5, 0.6) is 5.75 Å². The molecule has 1 atom stereocenters. The van der Waals surface area contributed by atoms with Gasteiger partial charge in [-0.15, -0.1) is 13.2 Å². The summed E-state index contributed by atoms with van der Waals surface area (Å²) in [6.07, 6.45) is -4.74. The topological polar surface area (TPSA) is 35.2 Å². The summed E-state index contributed by atoms with van der Waals surface area (Å²) in [5.41, 5.74) is 7.15. The van der Waals surface area contributed by atoms with Crippen molar-refractivity contribution in [3.05, 3.63) is 63.1 Å². The van der Waals surface area contributed by atoms with Gasteiger partial charge in [-0.3, -0.25) is 0 Å². The fourth-order valence-electron chi connectivity index (χ4n) is 1.84. The number of alkyl halides is 3. The molecule has 0 aliphatic rings. The minimum atomic E-state index is -4.74. The molecule has 2 aromatic carbocycles. The summed E-state index contributed by atoms with van der Waals surface area (Å²) in [5, 5.41) is 0.438. The first kappa shape index (κ1) is 16.1. The van der Waals surface area contributed by atoms with Crippen molar-refractivity contribution in [2.45, 2.75) is 12.4 Å². The quantitative estimate of drug-likeness (QED) is 0.809. The lowest BCUT2D eigenvalue weighted by Crippen LogP contribution is -2.18. The Bertz CT molecular complexity index is 648. The first-order valence-electron chi connectivity index (χ1n) is 5.82. The first-order chi connectivity index (χ1) is 9.76. The molecule has 2 rings (SSSR count). The third kappa shape index (κ3) is 4.36. The smallest absolute Gasteiger partial charge is 0.406 e. The van der Waals surface area contributed by atoms with Crippen molar-refractivity contribution in [3.8, 4) is 5.75 Å². The number of nitrogens with two attached hydrogens (primary N) is 1. The number of halogens is 5. The molecule has 0 saturated carbocycles. The molecule has 2 aromatic rings. The molecule has 0 heterocycles. The zero-order valence-electron chi connectivity index (χ0n) is 10.5. The molecule has 0 spiro atoms. The van der Waals surface area contributed by atoms with Gasteiger partial charge in [0.15, 0.2) is 0 Å². The van der Waals surface area contributed by atoms with Crippen molar-refractivity contribution in [2.24, 2.45) is 5.73 Å². The molecule has 0 fully saturated rings. The highest BCUT2D eigenvalue weighted by Crippen LogP contribution is 2.31. The summed E-state index contributed by atoms with van der Waals surface area (Å²) in [6, 6.07) is 10.0. The predicted octanol–water partition coefficient (Wildman–Crippen LogP) is 5.05. The van der Waals surface area contributed by atoms with Gasteiger partial charge in [-0.05, 0) is 41.5 Å². The Kier molecular flexibility index (Phi) is 4.81. The minimum absolute atomic E-state index is 0.318. The number of hydrogen-bond donors (Lipinski definition) is 1. The summed E-state index contributed by atoms with van der Waals surface area (Å²) in [5.74, 6) is -0.318. The molecule has 0 bridgehead atoms. The average Bonchev–Trinajstić information content (AvgIpc) is 2.39. The zero-order valence-corrected chi connectivity index (χ0v) is 12.8. The van der Waals surface area contributed by atoms with Crippen molar-refractivity contribution >= 4 is 27.5 Å². The predicted molar refractivity (Wildman–Crippen MR) is 78.3 cm³/mol. The van der Waals surface area contributed by atoms with E-state index in [9.17, 15) is 13.2 Å². The van der Waals surface area contributed by atoms with Gasteiger partial charge in [0.05, 0.1) is 6.04 Å². The Morgan fingerprint density at radius 1 is 1.14 bits per heavy atom. The van der Waals surface area contributed by atoms with E-state index >= 15 is 0 Å². The first-order valence-corrected chi connectivity index (χ1v) is 6.99. The summed E-state index contributed by atoms with van der Waals surface area (Å²) in [7, 11) is 0. The molecule has 0 aliphatic carbocycles. The van der Waals surface area contributed by atoms with Crippen LogP contribution in [-0.2, 0) is 0 Å². The highest BCUT2D eigenvalue weighted by molar-refractivity contribution is 9.10. The molecule has 0 aromatic heterocycles. The van der Waals surface area contributed by atoms with E-state index in [1.807, 2.05) is 0 Å². The van der Waals surface area contributed by atoms with Gasteiger partial charge in [0, 0.05) is 9.50 Å². The van der Waals surface area contributed by atoms with E-state index in [0.29, 0.717) is 16.1 Å². The van der Waals surface area contributed by atoms with E-state index < -0.39 is 12.4 Å². The van der Waals surface area contributed by atoms with Gasteiger partial charge in [-0.1, -0.05) is 39.7 Å². The van der Waals surface area contributed by atoms with E-state index in [0.717, 1.165) is 4.47 Å². The summed E-state index contributed by atoms with van der Waals surface area (Å²) in [6.45, 7) is 0. The average molecular weight is 381 g/mol. The largest absolute Gasteiger partial charge is 0.573 e. The maximum atomic E-state index is 12.2. The summed E-state index contributed by atoms with van der Waals surface area (Å²) in [4.78, 5) is 0. The molecule has 0 saturated heterocycles. The molecule has 0 amide bonds. The Hall–Kier alpha value is -1.24. The normalized spacial score (nSPS) is 13.0. The lowest BCUT2D eigenvalue weighted by molar-refractivity contribution is -0.274. The van der Waals surface area contributed by atoms with Crippen molar-refractivity contribution in [2.75, 3.05) is 0 Å². The molecule has 0 aliphatic heterocycles. The van der Waals surface area contributed by atoms with Crippen molar-refractivity contribution in [3.63, 3.8) is 0 Å². The fourth-order valence-corrected chi connectivity index (χ4v) is 2.45. The van der Waals surface area contributed by atoms with E-state index in [1.165, 1.54) is 18.2 Å². The van der Waals surface area contributed by atoms with Crippen LogP contribution in [0.2, 0.25) is 5.02 Å². The van der Waals surface area contributed by atoms with Gasteiger partial charge >= 0.3 is 6.36 Å². The molecule has 112 valence electrons. The SMILES string of the molecule is NC(c1cccc(OC(F)(F)F)c1)c1cc(Br)ccc1Cl. The van der Waals surface area contributed by atoms with Gasteiger partial charge in [0.25, 0.3) is 0 Å². The number of rotatable bonds is 3. The van der Waals surface area contributed by atoms with Gasteiger partial charge in [-0.2, -0.15) is 0 Å². The third-order valence-corrected chi connectivity index (χ3v) is 3.58. The van der Waals surface area contributed by atoms with Crippen LogP contribution in [0, 0.1) is 0 Å². The van der Waals surface area contributed by atoms with Crippen LogP contribution >= 0.6 is 27.5 Å². The third-order valence-electron chi connectivity index (χ3n) is 2.74. The van der Waals surface area contributed by atoms with Gasteiger partial charge in [0.1, 0.15) is 5.75 Å². The molecule has 2 N–H and O–H groups in total. The van der Waals surface area contributed by atoms with Crippen LogP contribution in [0.25, 0.3) is 0 Å². The highest BCUT2D eigenvalue weighted by Gasteiger charge is 2.31. The lowest BCUT2D eigenvalue weighted by atomic mass is 9.99.